The number of ether oxygens (including phenoxy) is 1. The van der Waals surface area contributed by atoms with Gasteiger partial charge in [-0.05, 0) is 11.5 Å². The van der Waals surface area contributed by atoms with Gasteiger partial charge in [0.25, 0.3) is 0 Å². The Morgan fingerprint density at radius 3 is 2.52 bits per heavy atom. The number of aliphatic hydroxyl groups is 1. The average molecular weight is 309 g/mol. The SMILES string of the molecule is COCCN(CCO)S(=O)(=O)c1cccc2ccccc12. The van der Waals surface area contributed by atoms with Gasteiger partial charge in [-0.2, -0.15) is 4.31 Å². The van der Waals surface area contributed by atoms with Crippen LogP contribution in [0.5, 0.6) is 0 Å². The van der Waals surface area contributed by atoms with E-state index in [1.165, 1.54) is 11.4 Å². The zero-order valence-electron chi connectivity index (χ0n) is 11.9. The lowest BCUT2D eigenvalue weighted by atomic mass is 10.1. The Balaban J connectivity index is 2.49. The molecule has 0 fully saturated rings. The fourth-order valence-electron chi connectivity index (χ4n) is 2.22. The van der Waals surface area contributed by atoms with Crippen LogP contribution in [0.4, 0.5) is 0 Å². The molecule has 0 aliphatic carbocycles. The molecule has 0 amide bonds. The van der Waals surface area contributed by atoms with Crippen molar-refractivity contribution >= 4 is 20.8 Å². The molecule has 5 nitrogen and oxygen atoms in total. The summed E-state index contributed by atoms with van der Waals surface area (Å²) in [7, 11) is -2.15. The van der Waals surface area contributed by atoms with E-state index in [2.05, 4.69) is 0 Å². The molecule has 2 aromatic rings. The van der Waals surface area contributed by atoms with Crippen LogP contribution in [-0.4, -0.2) is 51.2 Å². The maximum absolute atomic E-state index is 12.8. The van der Waals surface area contributed by atoms with E-state index >= 15 is 0 Å². The summed E-state index contributed by atoms with van der Waals surface area (Å²) in [6.45, 7) is 0.315. The number of fused-ring (bicyclic) bond motifs is 1. The molecular formula is C15H19NO4S. The van der Waals surface area contributed by atoms with Gasteiger partial charge in [0.2, 0.25) is 10.0 Å². The van der Waals surface area contributed by atoms with Crippen LogP contribution in [-0.2, 0) is 14.8 Å². The monoisotopic (exact) mass is 309 g/mol. The second-order valence-electron chi connectivity index (χ2n) is 4.60. The standard InChI is InChI=1S/C15H19NO4S/c1-20-12-10-16(9-11-17)21(18,19)15-8-4-6-13-5-2-3-7-14(13)15/h2-8,17H,9-12H2,1H3. The van der Waals surface area contributed by atoms with Gasteiger partial charge in [-0.1, -0.05) is 36.4 Å². The molecule has 0 bridgehead atoms. The van der Waals surface area contributed by atoms with Crippen LogP contribution in [0.15, 0.2) is 47.4 Å². The Kier molecular flexibility index (Phi) is 5.30. The lowest BCUT2D eigenvalue weighted by Gasteiger charge is -2.21. The largest absolute Gasteiger partial charge is 0.395 e. The Morgan fingerprint density at radius 1 is 1.10 bits per heavy atom. The third kappa shape index (κ3) is 3.41. The second kappa shape index (κ2) is 7.00. The maximum Gasteiger partial charge on any atom is 0.243 e. The van der Waals surface area contributed by atoms with Crippen molar-refractivity contribution in [3.05, 3.63) is 42.5 Å². The van der Waals surface area contributed by atoms with E-state index < -0.39 is 10.0 Å². The van der Waals surface area contributed by atoms with Gasteiger partial charge in [-0.15, -0.1) is 0 Å². The van der Waals surface area contributed by atoms with E-state index in [1.54, 1.807) is 18.2 Å². The van der Waals surface area contributed by atoms with Crippen LogP contribution in [0.1, 0.15) is 0 Å². The molecule has 0 saturated heterocycles. The molecule has 0 saturated carbocycles. The van der Waals surface area contributed by atoms with Crippen molar-refractivity contribution in [3.63, 3.8) is 0 Å². The summed E-state index contributed by atoms with van der Waals surface area (Å²) in [5.41, 5.74) is 0. The Morgan fingerprint density at radius 2 is 1.81 bits per heavy atom. The Hall–Kier alpha value is -1.47. The first-order valence-electron chi connectivity index (χ1n) is 6.69. The lowest BCUT2D eigenvalue weighted by Crippen LogP contribution is -2.36. The summed E-state index contributed by atoms with van der Waals surface area (Å²) in [6.07, 6.45) is 0. The predicted molar refractivity (Wildman–Crippen MR) is 81.7 cm³/mol. The molecule has 2 rings (SSSR count). The van der Waals surface area contributed by atoms with E-state index in [-0.39, 0.29) is 31.2 Å². The lowest BCUT2D eigenvalue weighted by molar-refractivity contribution is 0.168. The molecule has 0 aliphatic rings. The summed E-state index contributed by atoms with van der Waals surface area (Å²) in [5, 5.41) is 10.7. The zero-order valence-corrected chi connectivity index (χ0v) is 12.7. The highest BCUT2D eigenvalue weighted by Crippen LogP contribution is 2.25. The molecule has 6 heteroatoms. The van der Waals surface area contributed by atoms with Crippen molar-refractivity contribution < 1.29 is 18.3 Å². The van der Waals surface area contributed by atoms with E-state index in [0.29, 0.717) is 5.39 Å². The minimum atomic E-state index is -3.67. The van der Waals surface area contributed by atoms with Gasteiger partial charge in [0.15, 0.2) is 0 Å². The van der Waals surface area contributed by atoms with Crippen LogP contribution < -0.4 is 0 Å². The van der Waals surface area contributed by atoms with Crippen molar-refractivity contribution in [3.8, 4) is 0 Å². The van der Waals surface area contributed by atoms with Gasteiger partial charge < -0.3 is 9.84 Å². The van der Waals surface area contributed by atoms with Crippen LogP contribution in [0, 0.1) is 0 Å². The molecule has 0 unspecified atom stereocenters. The average Bonchev–Trinajstić information content (AvgIpc) is 2.50. The molecule has 114 valence electrons. The summed E-state index contributed by atoms with van der Waals surface area (Å²) < 4.78 is 31.8. The van der Waals surface area contributed by atoms with E-state index in [4.69, 9.17) is 9.84 Å². The van der Waals surface area contributed by atoms with Crippen LogP contribution in [0.3, 0.4) is 0 Å². The predicted octanol–water partition coefficient (Wildman–Crippen LogP) is 1.47. The third-order valence-corrected chi connectivity index (χ3v) is 5.22. The van der Waals surface area contributed by atoms with Crippen molar-refractivity contribution in [1.82, 2.24) is 4.31 Å². The topological polar surface area (TPSA) is 66.8 Å². The molecule has 21 heavy (non-hydrogen) atoms. The number of aliphatic hydroxyl groups excluding tert-OH is 1. The molecule has 0 atom stereocenters. The van der Waals surface area contributed by atoms with Crippen molar-refractivity contribution in [2.45, 2.75) is 4.90 Å². The molecular weight excluding hydrogens is 290 g/mol. The molecule has 0 aliphatic heterocycles. The second-order valence-corrected chi connectivity index (χ2v) is 6.50. The number of rotatable bonds is 7. The van der Waals surface area contributed by atoms with Gasteiger partial charge in [-0.3, -0.25) is 0 Å². The summed E-state index contributed by atoms with van der Waals surface area (Å²) >= 11 is 0. The fraction of sp³-hybridized carbons (Fsp3) is 0.333. The summed E-state index contributed by atoms with van der Waals surface area (Å²) in [6, 6.07) is 12.5. The molecule has 0 radical (unpaired) electrons. The highest BCUT2D eigenvalue weighted by atomic mass is 32.2. The summed E-state index contributed by atoms with van der Waals surface area (Å²) in [5.74, 6) is 0. The number of hydrogen-bond acceptors (Lipinski definition) is 4. The van der Waals surface area contributed by atoms with Crippen molar-refractivity contribution in [1.29, 1.82) is 0 Å². The minimum absolute atomic E-state index is 0.0505. The van der Waals surface area contributed by atoms with Gasteiger partial charge in [0.1, 0.15) is 0 Å². The number of sulfonamides is 1. The van der Waals surface area contributed by atoms with Gasteiger partial charge >= 0.3 is 0 Å². The maximum atomic E-state index is 12.8. The molecule has 0 spiro atoms. The number of methoxy groups -OCH3 is 1. The van der Waals surface area contributed by atoms with E-state index in [9.17, 15) is 8.42 Å². The van der Waals surface area contributed by atoms with E-state index in [1.807, 2.05) is 24.3 Å². The van der Waals surface area contributed by atoms with Crippen LogP contribution in [0.25, 0.3) is 10.8 Å². The zero-order chi connectivity index (χ0) is 15.3. The first-order chi connectivity index (χ1) is 10.1. The highest BCUT2D eigenvalue weighted by molar-refractivity contribution is 7.89. The quantitative estimate of drug-likeness (QED) is 0.841. The molecule has 0 heterocycles. The van der Waals surface area contributed by atoms with Crippen molar-refractivity contribution in [2.75, 3.05) is 33.4 Å². The smallest absolute Gasteiger partial charge is 0.243 e. The Labute approximate surface area is 124 Å². The number of benzene rings is 2. The summed E-state index contributed by atoms with van der Waals surface area (Å²) in [4.78, 5) is 0.255. The Bertz CT molecular complexity index is 694. The minimum Gasteiger partial charge on any atom is -0.395 e. The third-order valence-electron chi connectivity index (χ3n) is 3.26. The van der Waals surface area contributed by atoms with Gasteiger partial charge in [0.05, 0.1) is 18.1 Å². The number of hydrogen-bond donors (Lipinski definition) is 1. The first kappa shape index (κ1) is 15.9. The number of nitrogens with zero attached hydrogens (tertiary/aromatic N) is 1. The normalized spacial score (nSPS) is 12.1. The first-order valence-corrected chi connectivity index (χ1v) is 8.13. The molecule has 2 aromatic carbocycles. The van der Waals surface area contributed by atoms with Gasteiger partial charge in [0, 0.05) is 25.6 Å². The van der Waals surface area contributed by atoms with Crippen LogP contribution in [0.2, 0.25) is 0 Å². The van der Waals surface area contributed by atoms with Crippen molar-refractivity contribution in [2.24, 2.45) is 0 Å². The van der Waals surface area contributed by atoms with E-state index in [0.717, 1.165) is 5.39 Å². The molecule has 0 aromatic heterocycles. The van der Waals surface area contributed by atoms with Crippen LogP contribution >= 0.6 is 0 Å². The van der Waals surface area contributed by atoms with Gasteiger partial charge in [-0.25, -0.2) is 8.42 Å². The fourth-order valence-corrected chi connectivity index (χ4v) is 3.85. The highest BCUT2D eigenvalue weighted by Gasteiger charge is 2.25. The molecule has 1 N–H and O–H groups in total.